The van der Waals surface area contributed by atoms with Gasteiger partial charge in [-0.1, -0.05) is 24.6 Å². The number of ether oxygens (including phenoxy) is 1. The summed E-state index contributed by atoms with van der Waals surface area (Å²) >= 11 is 6.26. The van der Waals surface area contributed by atoms with Gasteiger partial charge in [0, 0.05) is 6.04 Å². The van der Waals surface area contributed by atoms with Crippen LogP contribution in [-0.4, -0.2) is 13.2 Å². The Bertz CT molecular complexity index is 380. The second kappa shape index (κ2) is 7.10. The second-order valence-electron chi connectivity index (χ2n) is 4.20. The number of rotatable bonds is 4. The first-order valence-corrected chi connectivity index (χ1v) is 5.97. The third kappa shape index (κ3) is 3.77. The molecule has 1 atom stereocenters. The average Bonchev–Trinajstić information content (AvgIpc) is 2.26. The Balaban J connectivity index is 0.00000256. The molecule has 2 nitrogen and oxygen atoms in total. The van der Waals surface area contributed by atoms with Gasteiger partial charge in [0.05, 0.1) is 12.1 Å². The highest BCUT2D eigenvalue weighted by Crippen LogP contribution is 2.34. The van der Waals surface area contributed by atoms with Crippen molar-refractivity contribution < 1.29 is 4.74 Å². The smallest absolute Gasteiger partial charge is 0.140 e. The fourth-order valence-corrected chi connectivity index (χ4v) is 2.16. The lowest BCUT2D eigenvalue weighted by atomic mass is 9.97. The molecular formula is C13H21Cl2NO. The van der Waals surface area contributed by atoms with E-state index in [9.17, 15) is 0 Å². The van der Waals surface area contributed by atoms with Crippen molar-refractivity contribution in [3.05, 3.63) is 27.8 Å². The van der Waals surface area contributed by atoms with Crippen molar-refractivity contribution in [3.8, 4) is 5.75 Å². The third-order valence-electron chi connectivity index (χ3n) is 2.97. The van der Waals surface area contributed by atoms with Gasteiger partial charge in [-0.05, 0) is 43.4 Å². The Morgan fingerprint density at radius 1 is 1.41 bits per heavy atom. The van der Waals surface area contributed by atoms with Gasteiger partial charge in [-0.25, -0.2) is 0 Å². The number of benzene rings is 1. The van der Waals surface area contributed by atoms with Gasteiger partial charge in [-0.2, -0.15) is 0 Å². The molecule has 0 aromatic heterocycles. The van der Waals surface area contributed by atoms with E-state index in [-0.39, 0.29) is 18.4 Å². The van der Waals surface area contributed by atoms with Crippen molar-refractivity contribution in [1.29, 1.82) is 0 Å². The predicted molar refractivity (Wildman–Crippen MR) is 76.7 cm³/mol. The lowest BCUT2D eigenvalue weighted by Gasteiger charge is -2.16. The van der Waals surface area contributed by atoms with Crippen molar-refractivity contribution in [2.24, 2.45) is 5.73 Å². The summed E-state index contributed by atoms with van der Waals surface area (Å²) in [5.74, 6) is 0.771. The Morgan fingerprint density at radius 3 is 2.47 bits per heavy atom. The van der Waals surface area contributed by atoms with E-state index in [1.165, 1.54) is 5.56 Å². The molecular weight excluding hydrogens is 257 g/mol. The lowest BCUT2D eigenvalue weighted by Crippen LogP contribution is -2.22. The monoisotopic (exact) mass is 277 g/mol. The predicted octanol–water partition coefficient (Wildman–Crippen LogP) is 3.67. The van der Waals surface area contributed by atoms with Crippen LogP contribution >= 0.6 is 24.0 Å². The lowest BCUT2D eigenvalue weighted by molar-refractivity contribution is 0.411. The number of nitrogens with two attached hydrogens (primary N) is 1. The minimum absolute atomic E-state index is 0. The molecule has 2 N–H and O–H groups in total. The zero-order chi connectivity index (χ0) is 12.3. The minimum Gasteiger partial charge on any atom is -0.495 e. The summed E-state index contributed by atoms with van der Waals surface area (Å²) in [5, 5.41) is 0.709. The maximum Gasteiger partial charge on any atom is 0.140 e. The molecule has 0 heterocycles. The van der Waals surface area contributed by atoms with E-state index < -0.39 is 0 Å². The summed E-state index contributed by atoms with van der Waals surface area (Å²) in [7, 11) is 1.64. The Labute approximate surface area is 115 Å². The molecule has 0 saturated carbocycles. The molecule has 1 unspecified atom stereocenters. The van der Waals surface area contributed by atoms with E-state index in [4.69, 9.17) is 22.1 Å². The summed E-state index contributed by atoms with van der Waals surface area (Å²) < 4.78 is 5.28. The fourth-order valence-electron chi connectivity index (χ4n) is 1.81. The standard InChI is InChI=1S/C13H20ClNO.ClH/c1-5-11(15)7-10-6-8(2)13(16-4)12(14)9(10)3;/h6,11H,5,7,15H2,1-4H3;1H. The van der Waals surface area contributed by atoms with E-state index in [1.807, 2.05) is 13.8 Å². The molecule has 4 heteroatoms. The first-order valence-electron chi connectivity index (χ1n) is 5.59. The number of hydrogen-bond acceptors (Lipinski definition) is 2. The van der Waals surface area contributed by atoms with Gasteiger partial charge >= 0.3 is 0 Å². The number of aryl methyl sites for hydroxylation is 1. The van der Waals surface area contributed by atoms with Crippen LogP contribution in [0.25, 0.3) is 0 Å². The maximum absolute atomic E-state index is 6.26. The number of hydrogen-bond donors (Lipinski definition) is 1. The second-order valence-corrected chi connectivity index (χ2v) is 4.58. The molecule has 0 spiro atoms. The topological polar surface area (TPSA) is 35.2 Å². The minimum atomic E-state index is 0. The Morgan fingerprint density at radius 2 is 2.00 bits per heavy atom. The summed E-state index contributed by atoms with van der Waals surface area (Å²) in [6.45, 7) is 6.12. The maximum atomic E-state index is 6.26. The molecule has 1 aromatic rings. The first-order chi connectivity index (χ1) is 7.51. The van der Waals surface area contributed by atoms with Crippen molar-refractivity contribution in [2.75, 3.05) is 7.11 Å². The van der Waals surface area contributed by atoms with E-state index in [1.54, 1.807) is 7.11 Å². The molecule has 0 aliphatic carbocycles. The highest BCUT2D eigenvalue weighted by atomic mass is 35.5. The van der Waals surface area contributed by atoms with Gasteiger partial charge in [-0.15, -0.1) is 12.4 Å². The summed E-state index contributed by atoms with van der Waals surface area (Å²) in [4.78, 5) is 0. The zero-order valence-corrected chi connectivity index (χ0v) is 12.4. The summed E-state index contributed by atoms with van der Waals surface area (Å²) in [6.07, 6.45) is 1.84. The van der Waals surface area contributed by atoms with Gasteiger partial charge in [0.15, 0.2) is 0 Å². The van der Waals surface area contributed by atoms with Crippen LogP contribution in [0.2, 0.25) is 5.02 Å². The molecule has 1 aromatic carbocycles. The van der Waals surface area contributed by atoms with Gasteiger partial charge in [-0.3, -0.25) is 0 Å². The summed E-state index contributed by atoms with van der Waals surface area (Å²) in [6, 6.07) is 2.32. The SMILES string of the molecule is CCC(N)Cc1cc(C)c(OC)c(Cl)c1C.Cl. The molecule has 0 bridgehead atoms. The van der Waals surface area contributed by atoms with Gasteiger partial charge < -0.3 is 10.5 Å². The van der Waals surface area contributed by atoms with Crippen LogP contribution in [-0.2, 0) is 6.42 Å². The molecule has 17 heavy (non-hydrogen) atoms. The van der Waals surface area contributed by atoms with Crippen LogP contribution in [0, 0.1) is 13.8 Å². The average molecular weight is 278 g/mol. The van der Waals surface area contributed by atoms with E-state index in [0.717, 1.165) is 29.7 Å². The Kier molecular flexibility index (Phi) is 6.91. The zero-order valence-electron chi connectivity index (χ0n) is 10.8. The molecule has 0 radical (unpaired) electrons. The van der Waals surface area contributed by atoms with E-state index in [0.29, 0.717) is 5.02 Å². The molecule has 0 fully saturated rings. The van der Waals surface area contributed by atoms with Crippen LogP contribution < -0.4 is 10.5 Å². The summed E-state index contributed by atoms with van der Waals surface area (Å²) in [5.41, 5.74) is 9.33. The highest BCUT2D eigenvalue weighted by Gasteiger charge is 2.13. The first kappa shape index (κ1) is 16.6. The molecule has 0 aliphatic heterocycles. The van der Waals surface area contributed by atoms with Gasteiger partial charge in [0.25, 0.3) is 0 Å². The number of methoxy groups -OCH3 is 1. The highest BCUT2D eigenvalue weighted by molar-refractivity contribution is 6.33. The van der Waals surface area contributed by atoms with Crippen LogP contribution in [0.5, 0.6) is 5.75 Å². The van der Waals surface area contributed by atoms with E-state index >= 15 is 0 Å². The van der Waals surface area contributed by atoms with Gasteiger partial charge in [0.1, 0.15) is 5.75 Å². The van der Waals surface area contributed by atoms with Crippen LogP contribution in [0.1, 0.15) is 30.0 Å². The molecule has 0 amide bonds. The van der Waals surface area contributed by atoms with Crippen LogP contribution in [0.4, 0.5) is 0 Å². The van der Waals surface area contributed by atoms with Crippen LogP contribution in [0.3, 0.4) is 0 Å². The van der Waals surface area contributed by atoms with Crippen LogP contribution in [0.15, 0.2) is 6.07 Å². The number of halogens is 2. The Hall–Kier alpha value is -0.440. The molecule has 0 saturated heterocycles. The molecule has 0 aliphatic rings. The quantitative estimate of drug-likeness (QED) is 0.912. The van der Waals surface area contributed by atoms with Crippen molar-refractivity contribution in [1.82, 2.24) is 0 Å². The van der Waals surface area contributed by atoms with Crippen molar-refractivity contribution in [2.45, 2.75) is 39.7 Å². The normalized spacial score (nSPS) is 11.9. The molecule has 1 rings (SSSR count). The van der Waals surface area contributed by atoms with Crippen molar-refractivity contribution >= 4 is 24.0 Å². The van der Waals surface area contributed by atoms with Gasteiger partial charge in [0.2, 0.25) is 0 Å². The largest absolute Gasteiger partial charge is 0.495 e. The van der Waals surface area contributed by atoms with Crippen molar-refractivity contribution in [3.63, 3.8) is 0 Å². The third-order valence-corrected chi connectivity index (χ3v) is 3.42. The molecule has 98 valence electrons. The van der Waals surface area contributed by atoms with E-state index in [2.05, 4.69) is 13.0 Å². The fraction of sp³-hybridized carbons (Fsp3) is 0.538.